The molecule has 0 amide bonds. The summed E-state index contributed by atoms with van der Waals surface area (Å²) < 4.78 is 5.34. The summed E-state index contributed by atoms with van der Waals surface area (Å²) in [5, 5.41) is 3.63. The van der Waals surface area contributed by atoms with E-state index in [1.807, 2.05) is 12.4 Å². The van der Waals surface area contributed by atoms with Crippen LogP contribution in [0.4, 0.5) is 5.95 Å². The van der Waals surface area contributed by atoms with Gasteiger partial charge < -0.3 is 15.0 Å². The molecule has 3 rings (SSSR count). The SMILES string of the molecule is C[C@@H]1CCC[C@H]1NCc1cnc(N2CCOCC2)nc1. The molecule has 0 aromatic carbocycles. The van der Waals surface area contributed by atoms with Crippen molar-refractivity contribution in [1.82, 2.24) is 15.3 Å². The average molecular weight is 276 g/mol. The quantitative estimate of drug-likeness (QED) is 0.905. The standard InChI is InChI=1S/C15H24N4O/c1-12-3-2-4-14(12)16-9-13-10-17-15(18-11-13)19-5-7-20-8-6-19/h10-12,14,16H,2-9H2,1H3/t12-,14-/m1/s1. The van der Waals surface area contributed by atoms with E-state index >= 15 is 0 Å². The van der Waals surface area contributed by atoms with Gasteiger partial charge >= 0.3 is 0 Å². The normalized spacial score (nSPS) is 26.9. The summed E-state index contributed by atoms with van der Waals surface area (Å²) in [6.45, 7) is 6.52. The molecule has 0 unspecified atom stereocenters. The highest BCUT2D eigenvalue weighted by atomic mass is 16.5. The van der Waals surface area contributed by atoms with Gasteiger partial charge in [-0.3, -0.25) is 0 Å². The summed E-state index contributed by atoms with van der Waals surface area (Å²) in [5.74, 6) is 1.62. The first-order valence-corrected chi connectivity index (χ1v) is 7.70. The van der Waals surface area contributed by atoms with E-state index in [9.17, 15) is 0 Å². The van der Waals surface area contributed by atoms with Gasteiger partial charge in [0.25, 0.3) is 0 Å². The van der Waals surface area contributed by atoms with Gasteiger partial charge in [-0.15, -0.1) is 0 Å². The molecule has 5 nitrogen and oxygen atoms in total. The molecule has 110 valence electrons. The van der Waals surface area contributed by atoms with Crippen LogP contribution in [0.2, 0.25) is 0 Å². The molecule has 1 aliphatic carbocycles. The van der Waals surface area contributed by atoms with Gasteiger partial charge in [-0.25, -0.2) is 9.97 Å². The van der Waals surface area contributed by atoms with Crippen LogP contribution in [0.15, 0.2) is 12.4 Å². The van der Waals surface area contributed by atoms with Crippen molar-refractivity contribution in [2.45, 2.75) is 38.8 Å². The van der Waals surface area contributed by atoms with Gasteiger partial charge in [0.1, 0.15) is 0 Å². The summed E-state index contributed by atoms with van der Waals surface area (Å²) in [5.41, 5.74) is 1.17. The van der Waals surface area contributed by atoms with Gasteiger partial charge in [-0.1, -0.05) is 13.3 Å². The number of ether oxygens (including phenoxy) is 1. The van der Waals surface area contributed by atoms with E-state index < -0.39 is 0 Å². The van der Waals surface area contributed by atoms with Gasteiger partial charge in [0.15, 0.2) is 0 Å². The minimum Gasteiger partial charge on any atom is -0.378 e. The van der Waals surface area contributed by atoms with E-state index in [2.05, 4.69) is 27.1 Å². The molecular weight excluding hydrogens is 252 g/mol. The number of hydrogen-bond donors (Lipinski definition) is 1. The van der Waals surface area contributed by atoms with E-state index in [0.29, 0.717) is 6.04 Å². The Bertz CT molecular complexity index is 416. The molecule has 2 fully saturated rings. The second-order valence-electron chi connectivity index (χ2n) is 5.89. The summed E-state index contributed by atoms with van der Waals surface area (Å²) >= 11 is 0. The van der Waals surface area contributed by atoms with Crippen LogP contribution in [-0.4, -0.2) is 42.3 Å². The average Bonchev–Trinajstić information content (AvgIpc) is 2.92. The number of rotatable bonds is 4. The Labute approximate surface area is 120 Å². The number of nitrogens with zero attached hydrogens (tertiary/aromatic N) is 3. The smallest absolute Gasteiger partial charge is 0.225 e. The summed E-state index contributed by atoms with van der Waals surface area (Å²) in [6, 6.07) is 0.661. The molecule has 1 saturated heterocycles. The molecule has 1 N–H and O–H groups in total. The molecule has 20 heavy (non-hydrogen) atoms. The minimum absolute atomic E-state index is 0.661. The maximum Gasteiger partial charge on any atom is 0.225 e. The van der Waals surface area contributed by atoms with Crippen molar-refractivity contribution in [3.63, 3.8) is 0 Å². The van der Waals surface area contributed by atoms with Crippen molar-refractivity contribution in [1.29, 1.82) is 0 Å². The summed E-state index contributed by atoms with van der Waals surface area (Å²) in [6.07, 6.45) is 7.90. The van der Waals surface area contributed by atoms with Crippen molar-refractivity contribution in [3.8, 4) is 0 Å². The van der Waals surface area contributed by atoms with Gasteiger partial charge in [0.2, 0.25) is 5.95 Å². The number of aromatic nitrogens is 2. The lowest BCUT2D eigenvalue weighted by Gasteiger charge is -2.26. The van der Waals surface area contributed by atoms with Crippen molar-refractivity contribution >= 4 is 5.95 Å². The lowest BCUT2D eigenvalue weighted by Crippen LogP contribution is -2.37. The van der Waals surface area contributed by atoms with Gasteiger partial charge in [-0.2, -0.15) is 0 Å². The highest BCUT2D eigenvalue weighted by Gasteiger charge is 2.22. The predicted molar refractivity (Wildman–Crippen MR) is 78.7 cm³/mol. The van der Waals surface area contributed by atoms with E-state index in [4.69, 9.17) is 4.74 Å². The van der Waals surface area contributed by atoms with E-state index in [1.165, 1.54) is 24.8 Å². The third-order valence-electron chi connectivity index (χ3n) is 4.42. The van der Waals surface area contributed by atoms with Crippen molar-refractivity contribution < 1.29 is 4.74 Å². The fourth-order valence-corrected chi connectivity index (χ4v) is 3.06. The zero-order valence-electron chi connectivity index (χ0n) is 12.2. The van der Waals surface area contributed by atoms with Crippen LogP contribution in [-0.2, 0) is 11.3 Å². The zero-order valence-corrected chi connectivity index (χ0v) is 12.2. The Morgan fingerprint density at radius 1 is 1.25 bits per heavy atom. The predicted octanol–water partition coefficient (Wildman–Crippen LogP) is 1.59. The fourth-order valence-electron chi connectivity index (χ4n) is 3.06. The fraction of sp³-hybridized carbons (Fsp3) is 0.733. The third kappa shape index (κ3) is 3.27. The van der Waals surface area contributed by atoms with Gasteiger partial charge in [0, 0.05) is 43.6 Å². The molecule has 2 aliphatic rings. The Morgan fingerprint density at radius 2 is 2.00 bits per heavy atom. The van der Waals surface area contributed by atoms with Crippen LogP contribution in [0.3, 0.4) is 0 Å². The molecule has 0 bridgehead atoms. The second-order valence-corrected chi connectivity index (χ2v) is 5.89. The van der Waals surface area contributed by atoms with E-state index in [0.717, 1.165) is 44.7 Å². The first kappa shape index (κ1) is 13.8. The molecule has 0 radical (unpaired) electrons. The minimum atomic E-state index is 0.661. The number of nitrogens with one attached hydrogen (secondary N) is 1. The van der Waals surface area contributed by atoms with Crippen molar-refractivity contribution in [3.05, 3.63) is 18.0 Å². The van der Waals surface area contributed by atoms with Crippen molar-refractivity contribution in [2.24, 2.45) is 5.92 Å². The molecule has 1 aliphatic heterocycles. The maximum atomic E-state index is 5.34. The molecular formula is C15H24N4O. The molecule has 2 atom stereocenters. The number of anilines is 1. The summed E-state index contributed by atoms with van der Waals surface area (Å²) in [7, 11) is 0. The van der Waals surface area contributed by atoms with Crippen LogP contribution in [0.25, 0.3) is 0 Å². The van der Waals surface area contributed by atoms with Crippen LogP contribution in [0.1, 0.15) is 31.7 Å². The highest BCUT2D eigenvalue weighted by Crippen LogP contribution is 2.25. The van der Waals surface area contributed by atoms with Gasteiger partial charge in [-0.05, 0) is 18.8 Å². The van der Waals surface area contributed by atoms with E-state index in [-0.39, 0.29) is 0 Å². The van der Waals surface area contributed by atoms with Crippen LogP contribution >= 0.6 is 0 Å². The summed E-state index contributed by atoms with van der Waals surface area (Å²) in [4.78, 5) is 11.2. The lowest BCUT2D eigenvalue weighted by molar-refractivity contribution is 0.122. The molecule has 1 aromatic rings. The van der Waals surface area contributed by atoms with E-state index in [1.54, 1.807) is 0 Å². The molecule has 5 heteroatoms. The lowest BCUT2D eigenvalue weighted by atomic mass is 10.1. The monoisotopic (exact) mass is 276 g/mol. The third-order valence-corrected chi connectivity index (χ3v) is 4.42. The Balaban J connectivity index is 1.53. The number of morpholine rings is 1. The maximum absolute atomic E-state index is 5.34. The Hall–Kier alpha value is -1.20. The first-order valence-electron chi connectivity index (χ1n) is 7.70. The molecule has 0 spiro atoms. The highest BCUT2D eigenvalue weighted by molar-refractivity contribution is 5.30. The Morgan fingerprint density at radius 3 is 2.65 bits per heavy atom. The Kier molecular flexibility index (Phi) is 4.47. The van der Waals surface area contributed by atoms with Crippen LogP contribution < -0.4 is 10.2 Å². The zero-order chi connectivity index (χ0) is 13.8. The van der Waals surface area contributed by atoms with Crippen LogP contribution in [0, 0.1) is 5.92 Å². The topological polar surface area (TPSA) is 50.3 Å². The van der Waals surface area contributed by atoms with Crippen LogP contribution in [0.5, 0.6) is 0 Å². The molecule has 1 saturated carbocycles. The largest absolute Gasteiger partial charge is 0.378 e. The molecule has 2 heterocycles. The molecule has 1 aromatic heterocycles. The second kappa shape index (κ2) is 6.50. The first-order chi connectivity index (χ1) is 9.83. The van der Waals surface area contributed by atoms with Gasteiger partial charge in [0.05, 0.1) is 13.2 Å². The van der Waals surface area contributed by atoms with Crippen molar-refractivity contribution in [2.75, 3.05) is 31.2 Å². The number of hydrogen-bond acceptors (Lipinski definition) is 5.